The summed E-state index contributed by atoms with van der Waals surface area (Å²) in [5, 5.41) is 3.52. The van der Waals surface area contributed by atoms with Crippen LogP contribution in [0.4, 0.5) is 5.69 Å². The largest absolute Gasteiger partial charge is 0.436 e. The first kappa shape index (κ1) is 20.9. The van der Waals surface area contributed by atoms with E-state index in [0.717, 1.165) is 28.6 Å². The molecule has 1 N–H and O–H groups in total. The molecule has 0 bridgehead atoms. The van der Waals surface area contributed by atoms with Gasteiger partial charge in [0.05, 0.1) is 0 Å². The summed E-state index contributed by atoms with van der Waals surface area (Å²) in [5.41, 5.74) is 5.35. The van der Waals surface area contributed by atoms with Crippen LogP contribution in [0.3, 0.4) is 0 Å². The number of aromatic nitrogens is 1. The van der Waals surface area contributed by atoms with Gasteiger partial charge in [-0.15, -0.1) is 0 Å². The van der Waals surface area contributed by atoms with Crippen molar-refractivity contribution in [2.45, 2.75) is 26.2 Å². The smallest absolute Gasteiger partial charge is 0.248 e. The molecule has 156 valence electrons. The lowest BCUT2D eigenvalue weighted by Crippen LogP contribution is -2.07. The summed E-state index contributed by atoms with van der Waals surface area (Å²) in [4.78, 5) is 16.8. The molecule has 4 nitrogen and oxygen atoms in total. The van der Waals surface area contributed by atoms with Crippen molar-refractivity contribution in [3.63, 3.8) is 0 Å². The van der Waals surface area contributed by atoms with Gasteiger partial charge >= 0.3 is 0 Å². The molecule has 1 amide bonds. The van der Waals surface area contributed by atoms with E-state index >= 15 is 0 Å². The molecule has 0 fully saturated rings. The van der Waals surface area contributed by atoms with Gasteiger partial charge in [-0.25, -0.2) is 4.98 Å². The molecule has 0 spiro atoms. The number of hydrogen-bond acceptors (Lipinski definition) is 3. The van der Waals surface area contributed by atoms with Crippen LogP contribution in [0.2, 0.25) is 5.02 Å². The molecule has 0 aliphatic rings. The Morgan fingerprint density at radius 3 is 2.55 bits per heavy atom. The van der Waals surface area contributed by atoms with E-state index in [0.29, 0.717) is 22.5 Å². The molecule has 4 aromatic rings. The number of carbonyl (C=O) groups excluding carboxylic acids is 1. The fourth-order valence-corrected chi connectivity index (χ4v) is 3.36. The predicted octanol–water partition coefficient (Wildman–Crippen LogP) is 7.31. The fourth-order valence-electron chi connectivity index (χ4n) is 3.24. The molecule has 1 heterocycles. The first-order chi connectivity index (χ1) is 15.0. The maximum Gasteiger partial charge on any atom is 0.248 e. The SMILES string of the molecule is CC[C@H](C)c1ccc2oc(-c3ccc(NC(=O)/C=C/c4ccc(Cl)cc4)cc3)nc2c1. The van der Waals surface area contributed by atoms with E-state index in [-0.39, 0.29) is 5.91 Å². The van der Waals surface area contributed by atoms with Crippen LogP contribution in [-0.4, -0.2) is 10.9 Å². The van der Waals surface area contributed by atoms with Crippen molar-refractivity contribution >= 4 is 40.4 Å². The molecule has 1 atom stereocenters. The minimum Gasteiger partial charge on any atom is -0.436 e. The van der Waals surface area contributed by atoms with E-state index in [1.807, 2.05) is 42.5 Å². The fraction of sp³-hybridized carbons (Fsp3) is 0.154. The second-order valence-corrected chi connectivity index (χ2v) is 7.94. The van der Waals surface area contributed by atoms with Gasteiger partial charge in [0.2, 0.25) is 11.8 Å². The molecule has 5 heteroatoms. The molecular weight excluding hydrogens is 408 g/mol. The summed E-state index contributed by atoms with van der Waals surface area (Å²) in [6, 6.07) is 20.9. The molecule has 0 saturated carbocycles. The maximum atomic E-state index is 12.2. The van der Waals surface area contributed by atoms with Crippen molar-refractivity contribution in [2.75, 3.05) is 5.32 Å². The molecule has 0 aliphatic heterocycles. The molecule has 0 radical (unpaired) electrons. The number of oxazole rings is 1. The van der Waals surface area contributed by atoms with Crippen molar-refractivity contribution in [3.05, 3.63) is 89.0 Å². The van der Waals surface area contributed by atoms with Crippen molar-refractivity contribution in [1.29, 1.82) is 0 Å². The zero-order chi connectivity index (χ0) is 21.8. The summed E-state index contributed by atoms with van der Waals surface area (Å²) in [5.74, 6) is 0.847. The molecule has 0 aliphatic carbocycles. The van der Waals surface area contributed by atoms with E-state index in [4.69, 9.17) is 16.0 Å². The molecule has 0 unspecified atom stereocenters. The summed E-state index contributed by atoms with van der Waals surface area (Å²) in [7, 11) is 0. The van der Waals surface area contributed by atoms with Gasteiger partial charge in [0, 0.05) is 22.3 Å². The minimum absolute atomic E-state index is 0.206. The van der Waals surface area contributed by atoms with Crippen LogP contribution < -0.4 is 5.32 Å². The Morgan fingerprint density at radius 1 is 1.10 bits per heavy atom. The van der Waals surface area contributed by atoms with Crippen LogP contribution in [0.25, 0.3) is 28.6 Å². The molecule has 31 heavy (non-hydrogen) atoms. The number of halogens is 1. The van der Waals surface area contributed by atoms with Crippen molar-refractivity contribution in [3.8, 4) is 11.5 Å². The summed E-state index contributed by atoms with van der Waals surface area (Å²) in [6.07, 6.45) is 4.32. The van der Waals surface area contributed by atoms with Crippen LogP contribution in [0, 0.1) is 0 Å². The lowest BCUT2D eigenvalue weighted by atomic mass is 9.98. The van der Waals surface area contributed by atoms with Crippen molar-refractivity contribution in [1.82, 2.24) is 4.98 Å². The molecule has 0 saturated heterocycles. The number of nitrogens with zero attached hydrogens (tertiary/aromatic N) is 1. The zero-order valence-corrected chi connectivity index (χ0v) is 18.2. The zero-order valence-electron chi connectivity index (χ0n) is 17.4. The normalized spacial score (nSPS) is 12.4. The highest BCUT2D eigenvalue weighted by atomic mass is 35.5. The number of nitrogens with one attached hydrogen (secondary N) is 1. The van der Waals surface area contributed by atoms with Crippen LogP contribution in [0.15, 0.2) is 77.2 Å². The van der Waals surface area contributed by atoms with Gasteiger partial charge in [-0.1, -0.05) is 43.6 Å². The summed E-state index contributed by atoms with van der Waals surface area (Å²) < 4.78 is 5.92. The molecule has 4 rings (SSSR count). The number of anilines is 1. The average molecular weight is 431 g/mol. The third-order valence-electron chi connectivity index (χ3n) is 5.29. The average Bonchev–Trinajstić information content (AvgIpc) is 3.22. The van der Waals surface area contributed by atoms with Gasteiger partial charge in [-0.2, -0.15) is 0 Å². The van der Waals surface area contributed by atoms with Crippen LogP contribution >= 0.6 is 11.6 Å². The lowest BCUT2D eigenvalue weighted by molar-refractivity contribution is -0.111. The van der Waals surface area contributed by atoms with E-state index < -0.39 is 0 Å². The number of hydrogen-bond donors (Lipinski definition) is 1. The predicted molar refractivity (Wildman–Crippen MR) is 127 cm³/mol. The first-order valence-corrected chi connectivity index (χ1v) is 10.6. The van der Waals surface area contributed by atoms with Gasteiger partial charge in [0.25, 0.3) is 0 Å². The first-order valence-electron chi connectivity index (χ1n) is 10.3. The highest BCUT2D eigenvalue weighted by Crippen LogP contribution is 2.28. The molecular formula is C26H23ClN2O2. The second kappa shape index (κ2) is 9.19. The quantitative estimate of drug-likeness (QED) is 0.326. The van der Waals surface area contributed by atoms with Crippen molar-refractivity contribution in [2.24, 2.45) is 0 Å². The van der Waals surface area contributed by atoms with Crippen LogP contribution in [0.1, 0.15) is 37.3 Å². The van der Waals surface area contributed by atoms with Crippen LogP contribution in [0.5, 0.6) is 0 Å². The van der Waals surface area contributed by atoms with E-state index in [9.17, 15) is 4.79 Å². The van der Waals surface area contributed by atoms with E-state index in [1.54, 1.807) is 18.2 Å². The van der Waals surface area contributed by atoms with Gasteiger partial charge in [-0.05, 0) is 78.1 Å². The van der Waals surface area contributed by atoms with E-state index in [1.165, 1.54) is 11.6 Å². The third kappa shape index (κ3) is 5.04. The number of rotatable bonds is 6. The summed E-state index contributed by atoms with van der Waals surface area (Å²) in [6.45, 7) is 4.39. The van der Waals surface area contributed by atoms with Gasteiger partial charge in [0.15, 0.2) is 5.58 Å². The van der Waals surface area contributed by atoms with Crippen molar-refractivity contribution < 1.29 is 9.21 Å². The van der Waals surface area contributed by atoms with Gasteiger partial charge < -0.3 is 9.73 Å². The number of amides is 1. The Balaban J connectivity index is 1.45. The Morgan fingerprint density at radius 2 is 1.84 bits per heavy atom. The molecule has 3 aromatic carbocycles. The highest BCUT2D eigenvalue weighted by molar-refractivity contribution is 6.30. The Kier molecular flexibility index (Phi) is 6.19. The standard InChI is InChI=1S/C26H23ClN2O2/c1-3-17(2)20-9-14-24-23(16-20)29-26(31-24)19-7-12-22(13-8-19)28-25(30)15-6-18-4-10-21(27)11-5-18/h4-17H,3H2,1-2H3,(H,28,30)/b15-6+/t17-/m0/s1. The van der Waals surface area contributed by atoms with Gasteiger partial charge in [-0.3, -0.25) is 4.79 Å². The summed E-state index contributed by atoms with van der Waals surface area (Å²) >= 11 is 5.87. The second-order valence-electron chi connectivity index (χ2n) is 7.51. The van der Waals surface area contributed by atoms with Gasteiger partial charge in [0.1, 0.15) is 5.52 Å². The minimum atomic E-state index is -0.206. The highest BCUT2D eigenvalue weighted by Gasteiger charge is 2.11. The topological polar surface area (TPSA) is 55.1 Å². The maximum absolute atomic E-state index is 12.2. The molecule has 1 aromatic heterocycles. The lowest BCUT2D eigenvalue weighted by Gasteiger charge is -2.07. The van der Waals surface area contributed by atoms with E-state index in [2.05, 4.69) is 36.3 Å². The Labute approximate surface area is 186 Å². The Bertz CT molecular complexity index is 1220. The number of carbonyl (C=O) groups is 1. The monoisotopic (exact) mass is 430 g/mol. The Hall–Kier alpha value is -3.37. The van der Waals surface area contributed by atoms with Crippen LogP contribution in [-0.2, 0) is 4.79 Å². The number of benzene rings is 3. The third-order valence-corrected chi connectivity index (χ3v) is 5.54. The number of fused-ring (bicyclic) bond motifs is 1.